The van der Waals surface area contributed by atoms with Gasteiger partial charge in [-0.2, -0.15) is 12.6 Å². The fraction of sp³-hybridized carbons (Fsp3) is 0.182. The van der Waals surface area contributed by atoms with E-state index < -0.39 is 0 Å². The van der Waals surface area contributed by atoms with Gasteiger partial charge in [0, 0.05) is 0 Å². The fourth-order valence-electron chi connectivity index (χ4n) is 1.31. The summed E-state index contributed by atoms with van der Waals surface area (Å²) in [6.07, 6.45) is 5.21. The maximum Gasteiger partial charge on any atom is 0.184 e. The molecule has 1 aromatic heterocycles. The van der Waals surface area contributed by atoms with Crippen LogP contribution in [-0.4, -0.2) is 10.7 Å². The smallest absolute Gasteiger partial charge is 0.184 e. The number of thiazole rings is 1. The van der Waals surface area contributed by atoms with E-state index in [1.165, 1.54) is 16.9 Å². The summed E-state index contributed by atoms with van der Waals surface area (Å²) in [5.41, 5.74) is 2.15. The summed E-state index contributed by atoms with van der Waals surface area (Å²) in [6, 6.07) is 6.15. The molecule has 0 unspecified atom stereocenters. The lowest BCUT2D eigenvalue weighted by molar-refractivity contribution is 1.26. The van der Waals surface area contributed by atoms with E-state index in [1.807, 2.05) is 12.1 Å². The van der Waals surface area contributed by atoms with Crippen LogP contribution in [0.5, 0.6) is 0 Å². The lowest BCUT2D eigenvalue weighted by atomic mass is 10.2. The molecule has 4 heteroatoms. The molecule has 1 aromatic carbocycles. The minimum absolute atomic E-state index is 0.599. The van der Waals surface area contributed by atoms with Gasteiger partial charge in [-0.1, -0.05) is 29.8 Å². The number of nitrogens with zero attached hydrogens (tertiary/aromatic N) is 1. The third kappa shape index (κ3) is 2.74. The van der Waals surface area contributed by atoms with E-state index in [1.54, 1.807) is 0 Å². The summed E-state index contributed by atoms with van der Waals surface area (Å²) in [6.45, 7) is 0. The average molecular weight is 256 g/mol. The summed E-state index contributed by atoms with van der Waals surface area (Å²) in [7, 11) is 0. The molecule has 0 bridgehead atoms. The van der Waals surface area contributed by atoms with Crippen molar-refractivity contribution in [3.8, 4) is 0 Å². The predicted molar refractivity (Wildman–Crippen MR) is 72.1 cm³/mol. The van der Waals surface area contributed by atoms with Gasteiger partial charge in [0.1, 0.15) is 0 Å². The largest absolute Gasteiger partial charge is 0.225 e. The van der Waals surface area contributed by atoms with E-state index in [2.05, 4.69) is 35.8 Å². The van der Waals surface area contributed by atoms with Crippen molar-refractivity contribution in [1.82, 2.24) is 4.98 Å². The first kappa shape index (κ1) is 11.0. The number of benzene rings is 1. The first-order valence-electron chi connectivity index (χ1n) is 4.63. The molecular weight excluding hydrogens is 246 g/mol. The maximum absolute atomic E-state index is 5.84. The molecule has 2 rings (SSSR count). The van der Waals surface area contributed by atoms with E-state index in [4.69, 9.17) is 11.6 Å². The first-order chi connectivity index (χ1) is 7.29. The molecule has 0 aliphatic carbocycles. The number of halogens is 1. The van der Waals surface area contributed by atoms with Crippen molar-refractivity contribution in [1.29, 1.82) is 0 Å². The molecule has 0 saturated heterocycles. The first-order valence-corrected chi connectivity index (χ1v) is 6.46. The molecule has 2 aromatic rings. The molecule has 0 atom stereocenters. The normalized spacial score (nSPS) is 11.6. The van der Waals surface area contributed by atoms with Crippen molar-refractivity contribution >= 4 is 51.9 Å². The molecule has 0 saturated carbocycles. The Balaban J connectivity index is 2.30. The van der Waals surface area contributed by atoms with Gasteiger partial charge in [-0.3, -0.25) is 0 Å². The van der Waals surface area contributed by atoms with Gasteiger partial charge in [-0.25, -0.2) is 4.98 Å². The monoisotopic (exact) mass is 255 g/mol. The van der Waals surface area contributed by atoms with E-state index in [0.29, 0.717) is 4.47 Å². The highest BCUT2D eigenvalue weighted by Crippen LogP contribution is 2.26. The van der Waals surface area contributed by atoms with Gasteiger partial charge in [0.25, 0.3) is 0 Å². The van der Waals surface area contributed by atoms with Gasteiger partial charge < -0.3 is 0 Å². The molecule has 0 aliphatic rings. The van der Waals surface area contributed by atoms with Crippen molar-refractivity contribution in [3.63, 3.8) is 0 Å². The second-order valence-electron chi connectivity index (χ2n) is 3.11. The van der Waals surface area contributed by atoms with E-state index in [9.17, 15) is 0 Å². The van der Waals surface area contributed by atoms with Crippen molar-refractivity contribution in [2.75, 3.05) is 5.75 Å². The Morgan fingerprint density at radius 3 is 3.13 bits per heavy atom. The fourth-order valence-corrected chi connectivity index (χ4v) is 2.54. The third-order valence-electron chi connectivity index (χ3n) is 1.99. The van der Waals surface area contributed by atoms with Crippen molar-refractivity contribution in [2.45, 2.75) is 6.42 Å². The Kier molecular flexibility index (Phi) is 3.67. The van der Waals surface area contributed by atoms with E-state index >= 15 is 0 Å². The standard InChI is InChI=1S/C11H10ClNS2/c12-11-13-9-5-4-8(3-1-2-6-14)7-10(9)15-11/h1,3-5,7,14H,2,6H2. The van der Waals surface area contributed by atoms with Crippen LogP contribution in [0.4, 0.5) is 0 Å². The average Bonchev–Trinajstić information content (AvgIpc) is 2.57. The van der Waals surface area contributed by atoms with Crippen LogP contribution in [0, 0.1) is 0 Å². The van der Waals surface area contributed by atoms with Gasteiger partial charge in [-0.05, 0) is 29.9 Å². The Hall–Kier alpha value is -0.510. The zero-order chi connectivity index (χ0) is 10.7. The minimum atomic E-state index is 0.599. The van der Waals surface area contributed by atoms with Crippen LogP contribution in [0.25, 0.3) is 16.3 Å². The topological polar surface area (TPSA) is 12.9 Å². The number of hydrogen-bond donors (Lipinski definition) is 1. The van der Waals surface area contributed by atoms with Crippen molar-refractivity contribution in [2.24, 2.45) is 0 Å². The molecule has 0 N–H and O–H groups in total. The minimum Gasteiger partial charge on any atom is -0.225 e. The predicted octanol–water partition coefficient (Wildman–Crippen LogP) is 4.28. The van der Waals surface area contributed by atoms with E-state index in [-0.39, 0.29) is 0 Å². The van der Waals surface area contributed by atoms with Crippen LogP contribution in [0.1, 0.15) is 12.0 Å². The SMILES string of the molecule is SCCC=Cc1ccc2nc(Cl)sc2c1. The zero-order valence-corrected chi connectivity index (χ0v) is 10.4. The van der Waals surface area contributed by atoms with Crippen LogP contribution in [0.2, 0.25) is 4.47 Å². The number of rotatable bonds is 3. The Bertz CT molecular complexity index is 490. The lowest BCUT2D eigenvalue weighted by Crippen LogP contribution is -1.73. The van der Waals surface area contributed by atoms with Gasteiger partial charge in [0.15, 0.2) is 4.47 Å². The number of aromatic nitrogens is 1. The molecule has 0 amide bonds. The van der Waals surface area contributed by atoms with Gasteiger partial charge in [-0.15, -0.1) is 11.3 Å². The van der Waals surface area contributed by atoms with Crippen LogP contribution in [0.3, 0.4) is 0 Å². The third-order valence-corrected chi connectivity index (χ3v) is 3.37. The quantitative estimate of drug-likeness (QED) is 0.808. The van der Waals surface area contributed by atoms with Gasteiger partial charge >= 0.3 is 0 Å². The zero-order valence-electron chi connectivity index (χ0n) is 7.98. The number of allylic oxidation sites excluding steroid dienone is 1. The molecular formula is C11H10ClNS2. The van der Waals surface area contributed by atoms with Gasteiger partial charge in [0.2, 0.25) is 0 Å². The van der Waals surface area contributed by atoms with Crippen LogP contribution >= 0.6 is 35.6 Å². The van der Waals surface area contributed by atoms with Crippen molar-refractivity contribution in [3.05, 3.63) is 34.3 Å². The van der Waals surface area contributed by atoms with E-state index in [0.717, 1.165) is 22.4 Å². The highest BCUT2D eigenvalue weighted by molar-refractivity contribution is 7.80. The summed E-state index contributed by atoms with van der Waals surface area (Å²) < 4.78 is 1.73. The number of fused-ring (bicyclic) bond motifs is 1. The summed E-state index contributed by atoms with van der Waals surface area (Å²) in [5.74, 6) is 0.880. The van der Waals surface area contributed by atoms with Gasteiger partial charge in [0.05, 0.1) is 10.2 Å². The second-order valence-corrected chi connectivity index (χ2v) is 5.17. The molecule has 1 heterocycles. The lowest BCUT2D eigenvalue weighted by Gasteiger charge is -1.92. The molecule has 15 heavy (non-hydrogen) atoms. The molecule has 0 fully saturated rings. The Labute approximate surface area is 103 Å². The molecule has 0 radical (unpaired) electrons. The highest BCUT2D eigenvalue weighted by atomic mass is 35.5. The number of hydrogen-bond acceptors (Lipinski definition) is 3. The summed E-state index contributed by atoms with van der Waals surface area (Å²) in [5, 5.41) is 0. The maximum atomic E-state index is 5.84. The van der Waals surface area contributed by atoms with Crippen LogP contribution in [-0.2, 0) is 0 Å². The highest BCUT2D eigenvalue weighted by Gasteiger charge is 2.00. The molecule has 78 valence electrons. The van der Waals surface area contributed by atoms with Crippen molar-refractivity contribution < 1.29 is 0 Å². The van der Waals surface area contributed by atoms with Crippen LogP contribution < -0.4 is 0 Å². The number of thiol groups is 1. The molecule has 1 nitrogen and oxygen atoms in total. The summed E-state index contributed by atoms with van der Waals surface area (Å²) in [4.78, 5) is 4.20. The molecule has 0 spiro atoms. The Morgan fingerprint density at radius 2 is 2.33 bits per heavy atom. The second kappa shape index (κ2) is 5.01. The van der Waals surface area contributed by atoms with Crippen LogP contribution in [0.15, 0.2) is 24.3 Å². The Morgan fingerprint density at radius 1 is 1.47 bits per heavy atom. The summed E-state index contributed by atoms with van der Waals surface area (Å²) >= 11 is 11.5. The molecule has 0 aliphatic heterocycles.